The third-order valence-electron chi connectivity index (χ3n) is 1.85. The van der Waals surface area contributed by atoms with Crippen LogP contribution in [-0.4, -0.2) is 19.7 Å². The second-order valence-electron chi connectivity index (χ2n) is 3.02. The summed E-state index contributed by atoms with van der Waals surface area (Å²) in [5, 5.41) is 10.1. The normalized spacial score (nSPS) is 10.8. The number of rotatable bonds is 3. The van der Waals surface area contributed by atoms with Gasteiger partial charge in [0, 0.05) is 18.2 Å². The molecule has 0 bridgehead atoms. The Hall–Kier alpha value is -1.08. The average Bonchev–Trinajstić information content (AvgIpc) is 2.74. The monoisotopic (exact) mass is 242 g/mol. The van der Waals surface area contributed by atoms with E-state index in [4.69, 9.17) is 0 Å². The van der Waals surface area contributed by atoms with E-state index >= 15 is 0 Å². The van der Waals surface area contributed by atoms with Gasteiger partial charge in [-0.2, -0.15) is 0 Å². The Morgan fingerprint density at radius 3 is 3.00 bits per heavy atom. The SMILES string of the molecule is Cc1nc(CSc2n[nH]c(=O)n2C)cs1. The number of H-pyrrole nitrogens is 1. The smallest absolute Gasteiger partial charge is 0.273 e. The number of nitrogens with one attached hydrogen (secondary N) is 1. The minimum Gasteiger partial charge on any atom is -0.273 e. The first-order chi connectivity index (χ1) is 7.16. The topological polar surface area (TPSA) is 63.6 Å². The van der Waals surface area contributed by atoms with Crippen LogP contribution in [0.5, 0.6) is 0 Å². The Kier molecular flexibility index (Phi) is 2.92. The molecule has 0 aromatic carbocycles. The van der Waals surface area contributed by atoms with E-state index in [1.807, 2.05) is 12.3 Å². The quantitative estimate of drug-likeness (QED) is 0.820. The summed E-state index contributed by atoms with van der Waals surface area (Å²) in [7, 11) is 1.69. The van der Waals surface area contributed by atoms with Crippen LogP contribution >= 0.6 is 23.1 Å². The largest absolute Gasteiger partial charge is 0.343 e. The van der Waals surface area contributed by atoms with Crippen LogP contribution in [0.2, 0.25) is 0 Å². The van der Waals surface area contributed by atoms with E-state index in [-0.39, 0.29) is 5.69 Å². The van der Waals surface area contributed by atoms with Crippen molar-refractivity contribution in [1.82, 2.24) is 19.7 Å². The van der Waals surface area contributed by atoms with Crippen LogP contribution in [0.4, 0.5) is 0 Å². The summed E-state index contributed by atoms with van der Waals surface area (Å²) < 4.78 is 1.49. The molecular weight excluding hydrogens is 232 g/mol. The van der Waals surface area contributed by atoms with Gasteiger partial charge in [-0.1, -0.05) is 11.8 Å². The van der Waals surface area contributed by atoms with E-state index in [1.54, 1.807) is 18.4 Å². The highest BCUT2D eigenvalue weighted by Crippen LogP contribution is 2.19. The van der Waals surface area contributed by atoms with Crippen LogP contribution in [0, 0.1) is 6.92 Å². The molecule has 0 aliphatic heterocycles. The maximum Gasteiger partial charge on any atom is 0.343 e. The molecule has 7 heteroatoms. The van der Waals surface area contributed by atoms with Crippen molar-refractivity contribution in [3.63, 3.8) is 0 Å². The first kappa shape index (κ1) is 10.4. The summed E-state index contributed by atoms with van der Waals surface area (Å²) in [6, 6.07) is 0. The van der Waals surface area contributed by atoms with Gasteiger partial charge in [0.05, 0.1) is 10.7 Å². The second kappa shape index (κ2) is 4.19. The number of hydrogen-bond acceptors (Lipinski definition) is 5. The lowest BCUT2D eigenvalue weighted by atomic mass is 10.6. The number of thiazole rings is 1. The summed E-state index contributed by atoms with van der Waals surface area (Å²) in [5.41, 5.74) is 0.838. The Balaban J connectivity index is 2.05. The molecule has 0 saturated carbocycles. The van der Waals surface area contributed by atoms with Gasteiger partial charge in [0.25, 0.3) is 0 Å². The molecule has 0 amide bonds. The molecule has 15 heavy (non-hydrogen) atoms. The van der Waals surface area contributed by atoms with Gasteiger partial charge in [-0.05, 0) is 6.92 Å². The minimum absolute atomic E-state index is 0.188. The van der Waals surface area contributed by atoms with Crippen molar-refractivity contribution in [3.05, 3.63) is 26.6 Å². The molecule has 80 valence electrons. The Labute approximate surface area is 94.6 Å². The van der Waals surface area contributed by atoms with Crippen molar-refractivity contribution in [3.8, 4) is 0 Å². The van der Waals surface area contributed by atoms with Crippen LogP contribution in [0.3, 0.4) is 0 Å². The summed E-state index contributed by atoms with van der Waals surface area (Å²) >= 11 is 3.13. The van der Waals surface area contributed by atoms with E-state index in [0.29, 0.717) is 5.16 Å². The zero-order chi connectivity index (χ0) is 10.8. The van der Waals surface area contributed by atoms with Crippen LogP contribution in [0.15, 0.2) is 15.3 Å². The molecule has 0 unspecified atom stereocenters. The first-order valence-corrected chi connectivity index (χ1v) is 6.18. The van der Waals surface area contributed by atoms with Crippen molar-refractivity contribution < 1.29 is 0 Å². The lowest BCUT2D eigenvalue weighted by molar-refractivity contribution is 0.765. The van der Waals surface area contributed by atoms with Crippen molar-refractivity contribution in [2.45, 2.75) is 17.8 Å². The maximum atomic E-state index is 11.1. The predicted octanol–water partition coefficient (Wildman–Crippen LogP) is 1.17. The number of nitrogens with zero attached hydrogens (tertiary/aromatic N) is 3. The molecule has 0 aliphatic carbocycles. The average molecular weight is 242 g/mol. The highest BCUT2D eigenvalue weighted by molar-refractivity contribution is 7.98. The molecule has 1 N–H and O–H groups in total. The van der Waals surface area contributed by atoms with Gasteiger partial charge >= 0.3 is 5.69 Å². The zero-order valence-electron chi connectivity index (χ0n) is 8.35. The van der Waals surface area contributed by atoms with E-state index in [0.717, 1.165) is 16.5 Å². The number of aromatic amines is 1. The molecule has 5 nitrogen and oxygen atoms in total. The number of thioether (sulfide) groups is 1. The Morgan fingerprint density at radius 1 is 1.67 bits per heavy atom. The molecule has 2 rings (SSSR count). The Bertz CT molecular complexity index is 513. The highest BCUT2D eigenvalue weighted by Gasteiger charge is 2.06. The molecule has 0 spiro atoms. The molecule has 0 fully saturated rings. The van der Waals surface area contributed by atoms with E-state index in [2.05, 4.69) is 15.2 Å². The van der Waals surface area contributed by atoms with E-state index < -0.39 is 0 Å². The van der Waals surface area contributed by atoms with Gasteiger partial charge in [0.15, 0.2) is 5.16 Å². The second-order valence-corrected chi connectivity index (χ2v) is 5.02. The van der Waals surface area contributed by atoms with Crippen molar-refractivity contribution in [2.75, 3.05) is 0 Å². The van der Waals surface area contributed by atoms with Gasteiger partial charge in [0.2, 0.25) is 0 Å². The summed E-state index contributed by atoms with van der Waals surface area (Å²) in [4.78, 5) is 15.4. The standard InChI is InChI=1S/C8H10N4OS2/c1-5-9-6(3-14-5)4-15-8-11-10-7(13)12(8)2/h3H,4H2,1-2H3,(H,10,13). The van der Waals surface area contributed by atoms with Crippen LogP contribution in [0.25, 0.3) is 0 Å². The predicted molar refractivity (Wildman–Crippen MR) is 60.2 cm³/mol. The number of hydrogen-bond donors (Lipinski definition) is 1. The summed E-state index contributed by atoms with van der Waals surface area (Å²) in [5.74, 6) is 0.739. The van der Waals surface area contributed by atoms with Crippen molar-refractivity contribution in [2.24, 2.45) is 7.05 Å². The number of aromatic nitrogens is 4. The molecule has 0 saturated heterocycles. The maximum absolute atomic E-state index is 11.1. The van der Waals surface area contributed by atoms with Gasteiger partial charge in [0.1, 0.15) is 0 Å². The van der Waals surface area contributed by atoms with Gasteiger partial charge in [-0.25, -0.2) is 14.9 Å². The lowest BCUT2D eigenvalue weighted by Gasteiger charge is -1.96. The highest BCUT2D eigenvalue weighted by atomic mass is 32.2. The minimum atomic E-state index is -0.188. The molecule has 0 radical (unpaired) electrons. The van der Waals surface area contributed by atoms with Gasteiger partial charge < -0.3 is 0 Å². The van der Waals surface area contributed by atoms with E-state index in [9.17, 15) is 4.79 Å². The van der Waals surface area contributed by atoms with E-state index in [1.165, 1.54) is 16.3 Å². The van der Waals surface area contributed by atoms with Crippen molar-refractivity contribution in [1.29, 1.82) is 0 Å². The fourth-order valence-corrected chi connectivity index (χ4v) is 2.60. The lowest BCUT2D eigenvalue weighted by Crippen LogP contribution is -2.12. The van der Waals surface area contributed by atoms with Crippen LogP contribution in [0.1, 0.15) is 10.7 Å². The summed E-state index contributed by atoms with van der Waals surface area (Å²) in [6.07, 6.45) is 0. The zero-order valence-corrected chi connectivity index (χ0v) is 9.98. The molecule has 0 atom stereocenters. The van der Waals surface area contributed by atoms with Gasteiger partial charge in [-0.15, -0.1) is 16.4 Å². The van der Waals surface area contributed by atoms with Crippen LogP contribution < -0.4 is 5.69 Å². The fraction of sp³-hybridized carbons (Fsp3) is 0.375. The van der Waals surface area contributed by atoms with Crippen molar-refractivity contribution >= 4 is 23.1 Å². The molecule has 2 heterocycles. The summed E-state index contributed by atoms with van der Waals surface area (Å²) in [6.45, 7) is 1.98. The first-order valence-electron chi connectivity index (χ1n) is 4.32. The molecular formula is C8H10N4OS2. The number of aryl methyl sites for hydroxylation is 1. The van der Waals surface area contributed by atoms with Crippen LogP contribution in [-0.2, 0) is 12.8 Å². The fourth-order valence-electron chi connectivity index (χ4n) is 1.07. The van der Waals surface area contributed by atoms with Gasteiger partial charge in [-0.3, -0.25) is 4.57 Å². The molecule has 2 aromatic heterocycles. The molecule has 2 aromatic rings. The Morgan fingerprint density at radius 2 is 2.47 bits per heavy atom. The third-order valence-corrected chi connectivity index (χ3v) is 3.74. The molecule has 0 aliphatic rings. The third kappa shape index (κ3) is 2.29.